The number of rotatable bonds is 3. The number of hydrazine groups is 1. The van der Waals surface area contributed by atoms with Crippen molar-refractivity contribution < 1.29 is 4.39 Å². The molecule has 0 amide bonds. The zero-order chi connectivity index (χ0) is 10.1. The van der Waals surface area contributed by atoms with Gasteiger partial charge in [0.25, 0.3) is 0 Å². The van der Waals surface area contributed by atoms with Crippen molar-refractivity contribution in [1.82, 2.24) is 5.43 Å². The fourth-order valence-electron chi connectivity index (χ4n) is 1.64. The van der Waals surface area contributed by atoms with Crippen LogP contribution in [0, 0.1) is 11.7 Å². The van der Waals surface area contributed by atoms with Crippen molar-refractivity contribution in [1.29, 1.82) is 0 Å². The van der Waals surface area contributed by atoms with Gasteiger partial charge in [-0.2, -0.15) is 0 Å². The molecule has 1 unspecified atom stereocenters. The molecule has 4 heteroatoms. The lowest BCUT2D eigenvalue weighted by Crippen LogP contribution is -2.29. The van der Waals surface area contributed by atoms with Crippen molar-refractivity contribution in [2.75, 3.05) is 0 Å². The largest absolute Gasteiger partial charge is 0.271 e. The standard InChI is InChI=1S/C10H12ClFN2/c11-8-4-3-7(5-9(8)12)10(14-13)6-1-2-6/h3-6,10,14H,1-2,13H2. The molecule has 1 aromatic rings. The third kappa shape index (κ3) is 1.90. The van der Waals surface area contributed by atoms with Crippen LogP contribution < -0.4 is 11.3 Å². The molecule has 0 saturated heterocycles. The monoisotopic (exact) mass is 214 g/mol. The van der Waals surface area contributed by atoms with Gasteiger partial charge in [-0.15, -0.1) is 0 Å². The van der Waals surface area contributed by atoms with Crippen LogP contribution in [0.2, 0.25) is 5.02 Å². The van der Waals surface area contributed by atoms with Gasteiger partial charge < -0.3 is 0 Å². The molecule has 0 aromatic heterocycles. The van der Waals surface area contributed by atoms with Crippen LogP contribution in [-0.2, 0) is 0 Å². The van der Waals surface area contributed by atoms with Gasteiger partial charge in [-0.25, -0.2) is 4.39 Å². The van der Waals surface area contributed by atoms with Gasteiger partial charge >= 0.3 is 0 Å². The topological polar surface area (TPSA) is 38.0 Å². The van der Waals surface area contributed by atoms with Crippen LogP contribution in [0.25, 0.3) is 0 Å². The Morgan fingerprint density at radius 3 is 2.71 bits per heavy atom. The normalized spacial score (nSPS) is 18.2. The molecule has 1 aliphatic rings. The first-order chi connectivity index (χ1) is 6.72. The number of benzene rings is 1. The summed E-state index contributed by atoms with van der Waals surface area (Å²) in [6, 6.07) is 4.89. The van der Waals surface area contributed by atoms with E-state index < -0.39 is 0 Å². The molecule has 0 spiro atoms. The minimum atomic E-state index is -0.384. The van der Waals surface area contributed by atoms with Gasteiger partial charge in [-0.05, 0) is 36.5 Å². The average Bonchev–Trinajstić information content (AvgIpc) is 2.96. The second kappa shape index (κ2) is 3.85. The number of halogens is 2. The van der Waals surface area contributed by atoms with E-state index in [1.807, 2.05) is 6.07 Å². The van der Waals surface area contributed by atoms with E-state index in [1.165, 1.54) is 6.07 Å². The minimum Gasteiger partial charge on any atom is -0.271 e. The highest BCUT2D eigenvalue weighted by atomic mass is 35.5. The SMILES string of the molecule is NNC(c1ccc(Cl)c(F)c1)C1CC1. The lowest BCUT2D eigenvalue weighted by atomic mass is 10.0. The second-order valence-electron chi connectivity index (χ2n) is 3.66. The summed E-state index contributed by atoms with van der Waals surface area (Å²) in [4.78, 5) is 0. The molecular formula is C10H12ClFN2. The van der Waals surface area contributed by atoms with E-state index in [-0.39, 0.29) is 16.9 Å². The lowest BCUT2D eigenvalue weighted by molar-refractivity contribution is 0.493. The van der Waals surface area contributed by atoms with E-state index in [0.29, 0.717) is 5.92 Å². The quantitative estimate of drug-likeness (QED) is 0.599. The van der Waals surface area contributed by atoms with Crippen LogP contribution in [0.1, 0.15) is 24.4 Å². The maximum atomic E-state index is 13.2. The highest BCUT2D eigenvalue weighted by Crippen LogP contribution is 2.40. The highest BCUT2D eigenvalue weighted by Gasteiger charge is 2.31. The predicted octanol–water partition coefficient (Wildman–Crippen LogP) is 2.39. The third-order valence-electron chi connectivity index (χ3n) is 2.58. The Morgan fingerprint density at radius 1 is 1.50 bits per heavy atom. The first-order valence-electron chi connectivity index (χ1n) is 4.63. The Bertz CT molecular complexity index is 339. The van der Waals surface area contributed by atoms with Crippen LogP contribution in [0.4, 0.5) is 4.39 Å². The molecule has 0 heterocycles. The van der Waals surface area contributed by atoms with E-state index in [4.69, 9.17) is 17.4 Å². The zero-order valence-electron chi connectivity index (χ0n) is 7.63. The van der Waals surface area contributed by atoms with Gasteiger partial charge in [0, 0.05) is 6.04 Å². The Morgan fingerprint density at radius 2 is 2.21 bits per heavy atom. The molecule has 14 heavy (non-hydrogen) atoms. The Labute approximate surface area is 87.2 Å². The van der Waals surface area contributed by atoms with Crippen molar-refractivity contribution in [3.63, 3.8) is 0 Å². The summed E-state index contributed by atoms with van der Waals surface area (Å²) in [5, 5.41) is 0.153. The lowest BCUT2D eigenvalue weighted by Gasteiger charge is -2.15. The summed E-state index contributed by atoms with van der Waals surface area (Å²) < 4.78 is 13.2. The van der Waals surface area contributed by atoms with Gasteiger partial charge in [0.2, 0.25) is 0 Å². The van der Waals surface area contributed by atoms with Gasteiger partial charge in [0.15, 0.2) is 0 Å². The van der Waals surface area contributed by atoms with Crippen LogP contribution >= 0.6 is 11.6 Å². The van der Waals surface area contributed by atoms with Crippen molar-refractivity contribution in [3.05, 3.63) is 34.6 Å². The maximum absolute atomic E-state index is 13.2. The van der Waals surface area contributed by atoms with E-state index in [2.05, 4.69) is 5.43 Å². The predicted molar refractivity (Wildman–Crippen MR) is 54.2 cm³/mol. The molecule has 0 radical (unpaired) electrons. The van der Waals surface area contributed by atoms with Crippen LogP contribution in [0.3, 0.4) is 0 Å². The van der Waals surface area contributed by atoms with E-state index in [0.717, 1.165) is 18.4 Å². The first kappa shape index (κ1) is 9.90. The van der Waals surface area contributed by atoms with E-state index >= 15 is 0 Å². The summed E-state index contributed by atoms with van der Waals surface area (Å²) in [6.45, 7) is 0. The van der Waals surface area contributed by atoms with Crippen molar-refractivity contribution in [2.24, 2.45) is 11.8 Å². The van der Waals surface area contributed by atoms with E-state index in [9.17, 15) is 4.39 Å². The highest BCUT2D eigenvalue weighted by molar-refractivity contribution is 6.30. The van der Waals surface area contributed by atoms with Gasteiger partial charge in [-0.3, -0.25) is 11.3 Å². The molecule has 1 aromatic carbocycles. The van der Waals surface area contributed by atoms with Gasteiger partial charge in [-0.1, -0.05) is 17.7 Å². The number of nitrogens with one attached hydrogen (secondary N) is 1. The number of hydrogen-bond donors (Lipinski definition) is 2. The molecule has 2 nitrogen and oxygen atoms in total. The van der Waals surface area contributed by atoms with Crippen LogP contribution in [0.5, 0.6) is 0 Å². The molecule has 0 bridgehead atoms. The Kier molecular flexibility index (Phi) is 2.72. The molecule has 1 aliphatic carbocycles. The smallest absolute Gasteiger partial charge is 0.142 e. The fourth-order valence-corrected chi connectivity index (χ4v) is 1.76. The third-order valence-corrected chi connectivity index (χ3v) is 2.88. The van der Waals surface area contributed by atoms with Gasteiger partial charge in [0.05, 0.1) is 5.02 Å². The Balaban J connectivity index is 2.25. The molecule has 76 valence electrons. The summed E-state index contributed by atoms with van der Waals surface area (Å²) in [5.41, 5.74) is 3.59. The van der Waals surface area contributed by atoms with Crippen LogP contribution in [-0.4, -0.2) is 0 Å². The molecule has 2 rings (SSSR count). The average molecular weight is 215 g/mol. The van der Waals surface area contributed by atoms with Gasteiger partial charge in [0.1, 0.15) is 5.82 Å². The van der Waals surface area contributed by atoms with Crippen LogP contribution in [0.15, 0.2) is 18.2 Å². The molecule has 1 fully saturated rings. The zero-order valence-corrected chi connectivity index (χ0v) is 8.39. The first-order valence-corrected chi connectivity index (χ1v) is 5.01. The molecular weight excluding hydrogens is 203 g/mol. The maximum Gasteiger partial charge on any atom is 0.142 e. The minimum absolute atomic E-state index is 0.0572. The van der Waals surface area contributed by atoms with Crippen molar-refractivity contribution in [2.45, 2.75) is 18.9 Å². The molecule has 1 saturated carbocycles. The Hall–Kier alpha value is -0.640. The fraction of sp³-hybridized carbons (Fsp3) is 0.400. The van der Waals surface area contributed by atoms with Crippen molar-refractivity contribution >= 4 is 11.6 Å². The molecule has 3 N–H and O–H groups in total. The molecule has 0 aliphatic heterocycles. The number of nitrogens with two attached hydrogens (primary N) is 1. The summed E-state index contributed by atoms with van der Waals surface area (Å²) >= 11 is 5.60. The second-order valence-corrected chi connectivity index (χ2v) is 4.06. The summed E-state index contributed by atoms with van der Waals surface area (Å²) in [5.74, 6) is 5.59. The summed E-state index contributed by atoms with van der Waals surface area (Å²) in [7, 11) is 0. The summed E-state index contributed by atoms with van der Waals surface area (Å²) in [6.07, 6.45) is 2.30. The van der Waals surface area contributed by atoms with Crippen molar-refractivity contribution in [3.8, 4) is 0 Å². The van der Waals surface area contributed by atoms with E-state index in [1.54, 1.807) is 6.07 Å². The molecule has 1 atom stereocenters. The number of hydrogen-bond acceptors (Lipinski definition) is 2.